The third-order valence-electron chi connectivity index (χ3n) is 4.21. The SMILES string of the molecule is COC(=O)c1c(N)sc(CN2CCOCC2)c1-c1ccc(C)cc1. The topological polar surface area (TPSA) is 64.8 Å². The van der Waals surface area contributed by atoms with Gasteiger partial charge in [0.15, 0.2) is 0 Å². The van der Waals surface area contributed by atoms with Crippen molar-refractivity contribution >= 4 is 22.3 Å². The molecule has 0 aliphatic carbocycles. The lowest BCUT2D eigenvalue weighted by atomic mass is 9.99. The van der Waals surface area contributed by atoms with Gasteiger partial charge in [-0.3, -0.25) is 4.90 Å². The maximum atomic E-state index is 12.3. The van der Waals surface area contributed by atoms with E-state index in [0.717, 1.165) is 48.9 Å². The molecule has 2 heterocycles. The number of esters is 1. The Labute approximate surface area is 146 Å². The number of methoxy groups -OCH3 is 1. The van der Waals surface area contributed by atoms with Crippen LogP contribution in [0.25, 0.3) is 11.1 Å². The molecule has 0 unspecified atom stereocenters. The summed E-state index contributed by atoms with van der Waals surface area (Å²) < 4.78 is 10.4. The third kappa shape index (κ3) is 3.45. The smallest absolute Gasteiger partial charge is 0.341 e. The third-order valence-corrected chi connectivity index (χ3v) is 5.21. The largest absolute Gasteiger partial charge is 0.465 e. The molecule has 0 saturated carbocycles. The van der Waals surface area contributed by atoms with Crippen LogP contribution in [0.1, 0.15) is 20.8 Å². The van der Waals surface area contributed by atoms with Gasteiger partial charge >= 0.3 is 5.97 Å². The van der Waals surface area contributed by atoms with Crippen molar-refractivity contribution in [3.05, 3.63) is 40.3 Å². The van der Waals surface area contributed by atoms with Crippen LogP contribution in [0, 0.1) is 6.92 Å². The standard InChI is InChI=1S/C18H22N2O3S/c1-12-3-5-13(6-4-12)15-14(11-20-7-9-23-10-8-20)24-17(19)16(15)18(21)22-2/h3-6H,7-11,19H2,1-2H3. The number of carbonyl (C=O) groups excluding carboxylic acids is 1. The highest BCUT2D eigenvalue weighted by Crippen LogP contribution is 2.40. The second-order valence-electron chi connectivity index (χ2n) is 5.89. The highest BCUT2D eigenvalue weighted by molar-refractivity contribution is 7.17. The van der Waals surface area contributed by atoms with E-state index < -0.39 is 0 Å². The van der Waals surface area contributed by atoms with E-state index in [1.807, 2.05) is 31.2 Å². The lowest BCUT2D eigenvalue weighted by Crippen LogP contribution is -2.35. The summed E-state index contributed by atoms with van der Waals surface area (Å²) in [5, 5.41) is 0.515. The van der Waals surface area contributed by atoms with E-state index in [9.17, 15) is 4.79 Å². The number of rotatable bonds is 4. The number of nitrogen functional groups attached to an aromatic ring is 1. The van der Waals surface area contributed by atoms with Crippen LogP contribution in [0.5, 0.6) is 0 Å². The molecule has 1 aliphatic rings. The van der Waals surface area contributed by atoms with Gasteiger partial charge in [-0.25, -0.2) is 4.79 Å². The van der Waals surface area contributed by atoms with Crippen molar-refractivity contribution in [1.29, 1.82) is 0 Å². The molecule has 0 atom stereocenters. The van der Waals surface area contributed by atoms with Crippen molar-refractivity contribution in [2.24, 2.45) is 0 Å². The van der Waals surface area contributed by atoms with Gasteiger partial charge in [-0.05, 0) is 12.5 Å². The van der Waals surface area contributed by atoms with Crippen LogP contribution in [0.15, 0.2) is 24.3 Å². The summed E-state index contributed by atoms with van der Waals surface area (Å²) in [4.78, 5) is 15.7. The Kier molecular flexibility index (Phi) is 5.18. The molecule has 1 aromatic heterocycles. The molecular formula is C18H22N2O3S. The minimum atomic E-state index is -0.382. The lowest BCUT2D eigenvalue weighted by Gasteiger charge is -2.26. The van der Waals surface area contributed by atoms with Crippen LogP contribution in [-0.4, -0.2) is 44.3 Å². The molecule has 3 rings (SSSR count). The molecule has 1 aromatic carbocycles. The molecular weight excluding hydrogens is 324 g/mol. The zero-order valence-corrected chi connectivity index (χ0v) is 14.8. The Bertz CT molecular complexity index is 719. The zero-order chi connectivity index (χ0) is 17.1. The highest BCUT2D eigenvalue weighted by Gasteiger charge is 2.25. The van der Waals surface area contributed by atoms with Crippen LogP contribution in [-0.2, 0) is 16.0 Å². The number of nitrogens with two attached hydrogens (primary N) is 1. The number of ether oxygens (including phenoxy) is 2. The van der Waals surface area contributed by atoms with Gasteiger partial charge in [-0.2, -0.15) is 0 Å². The molecule has 0 radical (unpaired) electrons. The average Bonchev–Trinajstić information content (AvgIpc) is 2.92. The first-order valence-corrected chi connectivity index (χ1v) is 8.78. The first-order chi connectivity index (χ1) is 11.6. The Hall–Kier alpha value is -1.89. The minimum absolute atomic E-state index is 0.382. The maximum Gasteiger partial charge on any atom is 0.341 e. The number of nitrogens with zero attached hydrogens (tertiary/aromatic N) is 1. The molecule has 0 amide bonds. The number of anilines is 1. The Balaban J connectivity index is 2.04. The van der Waals surface area contributed by atoms with Gasteiger partial charge < -0.3 is 15.2 Å². The Morgan fingerprint density at radius 2 is 1.96 bits per heavy atom. The molecule has 1 saturated heterocycles. The number of thiophene rings is 1. The molecule has 0 bridgehead atoms. The second-order valence-corrected chi connectivity index (χ2v) is 7.02. The van der Waals surface area contributed by atoms with E-state index in [1.165, 1.54) is 24.0 Å². The van der Waals surface area contributed by atoms with Crippen molar-refractivity contribution < 1.29 is 14.3 Å². The van der Waals surface area contributed by atoms with Crippen LogP contribution in [0.3, 0.4) is 0 Å². The van der Waals surface area contributed by atoms with Crippen LogP contribution in [0.4, 0.5) is 5.00 Å². The minimum Gasteiger partial charge on any atom is -0.465 e. The van der Waals surface area contributed by atoms with Crippen LogP contribution in [0.2, 0.25) is 0 Å². The van der Waals surface area contributed by atoms with Gasteiger partial charge in [0.2, 0.25) is 0 Å². The van der Waals surface area contributed by atoms with E-state index in [2.05, 4.69) is 4.90 Å². The fourth-order valence-corrected chi connectivity index (χ4v) is 4.02. The Morgan fingerprint density at radius 3 is 2.58 bits per heavy atom. The molecule has 2 aromatic rings. The summed E-state index contributed by atoms with van der Waals surface area (Å²) in [6.45, 7) is 6.06. The average molecular weight is 346 g/mol. The Morgan fingerprint density at radius 1 is 1.29 bits per heavy atom. The number of hydrogen-bond donors (Lipinski definition) is 1. The molecule has 2 N–H and O–H groups in total. The van der Waals surface area contributed by atoms with Crippen molar-refractivity contribution in [3.63, 3.8) is 0 Å². The van der Waals surface area contributed by atoms with E-state index >= 15 is 0 Å². The van der Waals surface area contributed by atoms with Gasteiger partial charge in [0.1, 0.15) is 10.6 Å². The van der Waals surface area contributed by atoms with Crippen molar-refractivity contribution in [1.82, 2.24) is 4.90 Å². The molecule has 24 heavy (non-hydrogen) atoms. The predicted molar refractivity (Wildman–Crippen MR) is 96.3 cm³/mol. The molecule has 1 fully saturated rings. The molecule has 128 valence electrons. The lowest BCUT2D eigenvalue weighted by molar-refractivity contribution is 0.0346. The van der Waals surface area contributed by atoms with E-state index in [1.54, 1.807) is 0 Å². The fourth-order valence-electron chi connectivity index (χ4n) is 2.90. The van der Waals surface area contributed by atoms with E-state index in [-0.39, 0.29) is 5.97 Å². The van der Waals surface area contributed by atoms with Gasteiger partial charge in [0.25, 0.3) is 0 Å². The van der Waals surface area contributed by atoms with Gasteiger partial charge in [-0.1, -0.05) is 29.8 Å². The number of carbonyl (C=O) groups is 1. The number of aryl methyl sites for hydroxylation is 1. The molecule has 6 heteroatoms. The van der Waals surface area contributed by atoms with Crippen molar-refractivity contribution in [2.45, 2.75) is 13.5 Å². The first-order valence-electron chi connectivity index (χ1n) is 7.96. The highest BCUT2D eigenvalue weighted by atomic mass is 32.1. The van der Waals surface area contributed by atoms with Gasteiger partial charge in [-0.15, -0.1) is 11.3 Å². The van der Waals surface area contributed by atoms with Crippen LogP contribution >= 0.6 is 11.3 Å². The van der Waals surface area contributed by atoms with Gasteiger partial charge in [0, 0.05) is 30.1 Å². The van der Waals surface area contributed by atoms with E-state index in [0.29, 0.717) is 10.6 Å². The summed E-state index contributed by atoms with van der Waals surface area (Å²) in [6.07, 6.45) is 0. The summed E-state index contributed by atoms with van der Waals surface area (Å²) in [7, 11) is 1.39. The quantitative estimate of drug-likeness (QED) is 0.863. The predicted octanol–water partition coefficient (Wildman–Crippen LogP) is 2.92. The van der Waals surface area contributed by atoms with Crippen molar-refractivity contribution in [3.8, 4) is 11.1 Å². The molecule has 5 nitrogen and oxygen atoms in total. The summed E-state index contributed by atoms with van der Waals surface area (Å²) in [5.41, 5.74) is 9.72. The fraction of sp³-hybridized carbons (Fsp3) is 0.389. The second kappa shape index (κ2) is 7.34. The monoisotopic (exact) mass is 346 g/mol. The summed E-state index contributed by atoms with van der Waals surface area (Å²) in [6, 6.07) is 8.16. The first kappa shape index (κ1) is 17.0. The number of benzene rings is 1. The van der Waals surface area contributed by atoms with Gasteiger partial charge in [0.05, 0.1) is 20.3 Å². The summed E-state index contributed by atoms with van der Waals surface area (Å²) in [5.74, 6) is -0.382. The molecule has 0 spiro atoms. The van der Waals surface area contributed by atoms with E-state index in [4.69, 9.17) is 15.2 Å². The maximum absolute atomic E-state index is 12.3. The van der Waals surface area contributed by atoms with Crippen molar-refractivity contribution in [2.75, 3.05) is 39.1 Å². The van der Waals surface area contributed by atoms with Crippen LogP contribution < -0.4 is 5.73 Å². The number of morpholine rings is 1. The molecule has 1 aliphatic heterocycles. The summed E-state index contributed by atoms with van der Waals surface area (Å²) >= 11 is 1.47. The normalized spacial score (nSPS) is 15.4. The number of hydrogen-bond acceptors (Lipinski definition) is 6. The zero-order valence-electron chi connectivity index (χ0n) is 14.0.